The lowest BCUT2D eigenvalue weighted by molar-refractivity contribution is 0.403. The van der Waals surface area contributed by atoms with Gasteiger partial charge in [-0.15, -0.1) is 0 Å². The molecular weight excluding hydrogens is 248 g/mol. The molecule has 106 valence electrons. The van der Waals surface area contributed by atoms with Gasteiger partial charge in [-0.2, -0.15) is 0 Å². The predicted molar refractivity (Wildman–Crippen MR) is 82.8 cm³/mol. The van der Waals surface area contributed by atoms with Crippen molar-refractivity contribution in [2.75, 3.05) is 7.11 Å². The molecule has 0 amide bonds. The summed E-state index contributed by atoms with van der Waals surface area (Å²) in [5, 5.41) is 0. The zero-order valence-electron chi connectivity index (χ0n) is 12.5. The fraction of sp³-hybridized carbons (Fsp3) is 0.294. The van der Waals surface area contributed by atoms with Gasteiger partial charge in [0.05, 0.1) is 13.2 Å². The molecule has 1 atom stereocenters. The van der Waals surface area contributed by atoms with E-state index in [1.54, 1.807) is 7.11 Å². The highest BCUT2D eigenvalue weighted by atomic mass is 16.5. The van der Waals surface area contributed by atoms with Crippen LogP contribution in [0.4, 0.5) is 0 Å². The van der Waals surface area contributed by atoms with Crippen molar-refractivity contribution in [1.82, 2.24) is 5.43 Å². The number of nitrogens with one attached hydrogen (secondary N) is 1. The fourth-order valence-corrected chi connectivity index (χ4v) is 2.72. The standard InChI is InChI=1S/C17H22N2O/c1-11-9-13(3)16(15(10-11)20-4)17(19-18)14-8-6-5-7-12(14)2/h5-10,17,19H,18H2,1-4H3. The lowest BCUT2D eigenvalue weighted by atomic mass is 9.91. The van der Waals surface area contributed by atoms with Crippen molar-refractivity contribution in [3.05, 3.63) is 64.2 Å². The van der Waals surface area contributed by atoms with Gasteiger partial charge in [0.15, 0.2) is 0 Å². The minimum absolute atomic E-state index is 0.0771. The Morgan fingerprint density at radius 2 is 1.75 bits per heavy atom. The average molecular weight is 270 g/mol. The van der Waals surface area contributed by atoms with Crippen LogP contribution in [0.1, 0.15) is 33.9 Å². The highest BCUT2D eigenvalue weighted by Gasteiger charge is 2.20. The molecule has 2 rings (SSSR count). The van der Waals surface area contributed by atoms with E-state index in [1.807, 2.05) is 18.2 Å². The maximum atomic E-state index is 5.83. The lowest BCUT2D eigenvalue weighted by Gasteiger charge is -2.23. The molecule has 0 radical (unpaired) electrons. The second-order valence-corrected chi connectivity index (χ2v) is 5.15. The molecule has 2 aromatic carbocycles. The van der Waals surface area contributed by atoms with Crippen LogP contribution in [0, 0.1) is 20.8 Å². The number of methoxy groups -OCH3 is 1. The number of hydrogen-bond donors (Lipinski definition) is 2. The van der Waals surface area contributed by atoms with Crippen molar-refractivity contribution in [3.63, 3.8) is 0 Å². The number of nitrogens with two attached hydrogens (primary N) is 1. The van der Waals surface area contributed by atoms with Crippen molar-refractivity contribution < 1.29 is 4.74 Å². The number of hydrazine groups is 1. The van der Waals surface area contributed by atoms with Crippen LogP contribution in [0.3, 0.4) is 0 Å². The van der Waals surface area contributed by atoms with Gasteiger partial charge in [-0.25, -0.2) is 5.43 Å². The maximum absolute atomic E-state index is 5.83. The first-order chi connectivity index (χ1) is 9.58. The number of rotatable bonds is 4. The van der Waals surface area contributed by atoms with Crippen LogP contribution >= 0.6 is 0 Å². The number of benzene rings is 2. The summed E-state index contributed by atoms with van der Waals surface area (Å²) in [6.45, 7) is 6.25. The molecule has 2 aromatic rings. The summed E-state index contributed by atoms with van der Waals surface area (Å²) in [6, 6.07) is 12.4. The van der Waals surface area contributed by atoms with E-state index in [0.717, 1.165) is 11.3 Å². The van der Waals surface area contributed by atoms with Crippen LogP contribution < -0.4 is 16.0 Å². The van der Waals surface area contributed by atoms with E-state index in [4.69, 9.17) is 10.6 Å². The zero-order chi connectivity index (χ0) is 14.7. The van der Waals surface area contributed by atoms with E-state index < -0.39 is 0 Å². The number of ether oxygens (including phenoxy) is 1. The van der Waals surface area contributed by atoms with E-state index >= 15 is 0 Å². The first-order valence-corrected chi connectivity index (χ1v) is 6.75. The molecule has 0 heterocycles. The SMILES string of the molecule is COc1cc(C)cc(C)c1C(NN)c1ccccc1C. The molecule has 0 bridgehead atoms. The van der Waals surface area contributed by atoms with E-state index in [1.165, 1.54) is 22.3 Å². The fourth-order valence-electron chi connectivity index (χ4n) is 2.72. The van der Waals surface area contributed by atoms with Crippen molar-refractivity contribution in [1.29, 1.82) is 0 Å². The molecule has 0 spiro atoms. The van der Waals surface area contributed by atoms with E-state index in [-0.39, 0.29) is 6.04 Å². The summed E-state index contributed by atoms with van der Waals surface area (Å²) in [5.74, 6) is 6.70. The minimum atomic E-state index is -0.0771. The van der Waals surface area contributed by atoms with Gasteiger partial charge < -0.3 is 4.74 Å². The minimum Gasteiger partial charge on any atom is -0.496 e. The van der Waals surface area contributed by atoms with Gasteiger partial charge in [-0.1, -0.05) is 30.3 Å². The van der Waals surface area contributed by atoms with Gasteiger partial charge in [0.25, 0.3) is 0 Å². The smallest absolute Gasteiger partial charge is 0.124 e. The zero-order valence-corrected chi connectivity index (χ0v) is 12.5. The molecule has 0 aliphatic heterocycles. The largest absolute Gasteiger partial charge is 0.496 e. The second-order valence-electron chi connectivity index (χ2n) is 5.15. The Kier molecular flexibility index (Phi) is 4.42. The quantitative estimate of drug-likeness (QED) is 0.662. The first kappa shape index (κ1) is 14.6. The van der Waals surface area contributed by atoms with Gasteiger partial charge in [0, 0.05) is 5.56 Å². The van der Waals surface area contributed by atoms with Gasteiger partial charge >= 0.3 is 0 Å². The topological polar surface area (TPSA) is 47.3 Å². The summed E-state index contributed by atoms with van der Waals surface area (Å²) in [4.78, 5) is 0. The number of hydrogen-bond acceptors (Lipinski definition) is 3. The van der Waals surface area contributed by atoms with Gasteiger partial charge in [0.2, 0.25) is 0 Å². The molecule has 0 saturated heterocycles. The summed E-state index contributed by atoms with van der Waals surface area (Å²) in [5.41, 5.74) is 8.75. The molecule has 1 unspecified atom stereocenters. The van der Waals surface area contributed by atoms with Crippen LogP contribution in [0.5, 0.6) is 5.75 Å². The Hall–Kier alpha value is -1.84. The Morgan fingerprint density at radius 3 is 2.35 bits per heavy atom. The van der Waals surface area contributed by atoms with Crippen LogP contribution in [0.25, 0.3) is 0 Å². The molecule has 20 heavy (non-hydrogen) atoms. The third kappa shape index (κ3) is 2.69. The summed E-state index contributed by atoms with van der Waals surface area (Å²) >= 11 is 0. The van der Waals surface area contributed by atoms with E-state index in [0.29, 0.717) is 0 Å². The third-order valence-corrected chi connectivity index (χ3v) is 3.67. The highest BCUT2D eigenvalue weighted by molar-refractivity contribution is 5.49. The third-order valence-electron chi connectivity index (χ3n) is 3.67. The Balaban J connectivity index is 2.61. The van der Waals surface area contributed by atoms with Gasteiger partial charge in [-0.3, -0.25) is 5.84 Å². The monoisotopic (exact) mass is 270 g/mol. The van der Waals surface area contributed by atoms with E-state index in [9.17, 15) is 0 Å². The van der Waals surface area contributed by atoms with E-state index in [2.05, 4.69) is 44.4 Å². The summed E-state index contributed by atoms with van der Waals surface area (Å²) < 4.78 is 5.56. The molecule has 0 aliphatic carbocycles. The first-order valence-electron chi connectivity index (χ1n) is 6.75. The van der Waals surface area contributed by atoms with Crippen molar-refractivity contribution in [3.8, 4) is 5.75 Å². The molecule has 0 aromatic heterocycles. The van der Waals surface area contributed by atoms with Crippen LogP contribution in [-0.2, 0) is 0 Å². The van der Waals surface area contributed by atoms with Crippen LogP contribution in [-0.4, -0.2) is 7.11 Å². The normalized spacial score (nSPS) is 12.2. The Bertz CT molecular complexity index is 608. The predicted octanol–water partition coefficient (Wildman–Crippen LogP) is 3.17. The Morgan fingerprint density at radius 1 is 1.05 bits per heavy atom. The lowest BCUT2D eigenvalue weighted by Crippen LogP contribution is -2.30. The maximum Gasteiger partial charge on any atom is 0.124 e. The van der Waals surface area contributed by atoms with Gasteiger partial charge in [0.1, 0.15) is 5.75 Å². The molecule has 0 fully saturated rings. The molecule has 3 N–H and O–H groups in total. The van der Waals surface area contributed by atoms with Crippen molar-refractivity contribution >= 4 is 0 Å². The number of aryl methyl sites for hydroxylation is 3. The van der Waals surface area contributed by atoms with Crippen LogP contribution in [0.2, 0.25) is 0 Å². The Labute approximate surface area is 120 Å². The highest BCUT2D eigenvalue weighted by Crippen LogP contribution is 2.34. The molecular formula is C17H22N2O. The summed E-state index contributed by atoms with van der Waals surface area (Å²) in [6.07, 6.45) is 0. The van der Waals surface area contributed by atoms with Crippen LogP contribution in [0.15, 0.2) is 36.4 Å². The van der Waals surface area contributed by atoms with Crippen molar-refractivity contribution in [2.24, 2.45) is 5.84 Å². The molecule has 3 nitrogen and oxygen atoms in total. The summed E-state index contributed by atoms with van der Waals surface area (Å²) in [7, 11) is 1.70. The average Bonchev–Trinajstić information content (AvgIpc) is 2.43. The molecule has 0 saturated carbocycles. The molecule has 3 heteroatoms. The molecule has 0 aliphatic rings. The van der Waals surface area contributed by atoms with Crippen molar-refractivity contribution in [2.45, 2.75) is 26.8 Å². The van der Waals surface area contributed by atoms with Gasteiger partial charge in [-0.05, 0) is 49.1 Å². The second kappa shape index (κ2) is 6.07.